The first kappa shape index (κ1) is 23.2. The number of hydrogen-bond donors (Lipinski definition) is 1. The highest BCUT2D eigenvalue weighted by atomic mass is 35.5. The second-order valence-electron chi connectivity index (χ2n) is 7.66. The monoisotopic (exact) mass is 473 g/mol. The normalized spacial score (nSPS) is 10.4. The highest BCUT2D eigenvalue weighted by Gasteiger charge is 2.16. The van der Waals surface area contributed by atoms with E-state index in [1.807, 2.05) is 61.5 Å². The summed E-state index contributed by atoms with van der Waals surface area (Å²) in [5, 5.41) is 3.16. The highest BCUT2D eigenvalue weighted by molar-refractivity contribution is 6.32. The summed E-state index contributed by atoms with van der Waals surface area (Å²) >= 11 is 6.43. The zero-order valence-electron chi connectivity index (χ0n) is 18.9. The molecule has 4 aromatic rings. The molecule has 0 radical (unpaired) electrons. The molecule has 172 valence electrons. The van der Waals surface area contributed by atoms with Crippen LogP contribution in [-0.4, -0.2) is 13.0 Å². The van der Waals surface area contributed by atoms with E-state index in [1.54, 1.807) is 36.4 Å². The molecule has 0 saturated carbocycles. The molecular weight excluding hydrogens is 450 g/mol. The van der Waals surface area contributed by atoms with Gasteiger partial charge in [0.2, 0.25) is 0 Å². The molecule has 0 bridgehead atoms. The second kappa shape index (κ2) is 10.8. The molecule has 0 fully saturated rings. The van der Waals surface area contributed by atoms with Crippen molar-refractivity contribution in [3.63, 3.8) is 0 Å². The fraction of sp³-hybridized carbons (Fsp3) is 0.107. The van der Waals surface area contributed by atoms with Crippen molar-refractivity contribution in [2.75, 3.05) is 12.4 Å². The Morgan fingerprint density at radius 1 is 0.882 bits per heavy atom. The summed E-state index contributed by atoms with van der Waals surface area (Å²) in [6, 6.07) is 27.9. The maximum atomic E-state index is 12.8. The third kappa shape index (κ3) is 5.88. The van der Waals surface area contributed by atoms with Gasteiger partial charge in [-0.05, 0) is 66.6 Å². The number of anilines is 1. The Balaban J connectivity index is 1.43. The molecule has 0 aliphatic heterocycles. The molecule has 4 aromatic carbocycles. The molecule has 1 amide bonds. The largest absolute Gasteiger partial charge is 0.493 e. The van der Waals surface area contributed by atoms with E-state index in [2.05, 4.69) is 5.32 Å². The minimum absolute atomic E-state index is 0.294. The summed E-state index contributed by atoms with van der Waals surface area (Å²) in [4.78, 5) is 12.8. The van der Waals surface area contributed by atoms with Crippen LogP contribution in [0.5, 0.6) is 23.0 Å². The first-order chi connectivity index (χ1) is 16.5. The Morgan fingerprint density at radius 3 is 2.35 bits per heavy atom. The van der Waals surface area contributed by atoms with Gasteiger partial charge in [-0.15, -0.1) is 0 Å². The van der Waals surface area contributed by atoms with Crippen LogP contribution in [0.15, 0.2) is 91.0 Å². The van der Waals surface area contributed by atoms with Crippen LogP contribution in [0.4, 0.5) is 5.69 Å². The molecule has 5 nitrogen and oxygen atoms in total. The van der Waals surface area contributed by atoms with Crippen molar-refractivity contribution < 1.29 is 19.0 Å². The van der Waals surface area contributed by atoms with Crippen LogP contribution in [-0.2, 0) is 6.61 Å². The number of aryl methyl sites for hydroxylation is 1. The number of hydrogen-bond acceptors (Lipinski definition) is 4. The maximum absolute atomic E-state index is 12.8. The van der Waals surface area contributed by atoms with Crippen LogP contribution in [0.1, 0.15) is 21.5 Å². The van der Waals surface area contributed by atoms with E-state index < -0.39 is 0 Å². The van der Waals surface area contributed by atoms with Crippen LogP contribution < -0.4 is 19.5 Å². The van der Waals surface area contributed by atoms with Crippen LogP contribution in [0, 0.1) is 6.92 Å². The van der Waals surface area contributed by atoms with Gasteiger partial charge in [-0.2, -0.15) is 0 Å². The van der Waals surface area contributed by atoms with Gasteiger partial charge in [-0.1, -0.05) is 54.1 Å². The Morgan fingerprint density at radius 2 is 1.65 bits per heavy atom. The maximum Gasteiger partial charge on any atom is 0.255 e. The number of benzene rings is 4. The van der Waals surface area contributed by atoms with Crippen molar-refractivity contribution in [3.8, 4) is 23.0 Å². The van der Waals surface area contributed by atoms with Gasteiger partial charge < -0.3 is 19.5 Å². The summed E-state index contributed by atoms with van der Waals surface area (Å²) in [6.07, 6.45) is 0. The van der Waals surface area contributed by atoms with Gasteiger partial charge in [0.05, 0.1) is 12.1 Å². The van der Waals surface area contributed by atoms with E-state index in [0.29, 0.717) is 40.1 Å². The topological polar surface area (TPSA) is 56.8 Å². The molecule has 4 rings (SSSR count). The van der Waals surface area contributed by atoms with Gasteiger partial charge >= 0.3 is 0 Å². The quantitative estimate of drug-likeness (QED) is 0.292. The number of carbonyl (C=O) groups is 1. The van der Waals surface area contributed by atoms with E-state index in [1.165, 1.54) is 7.11 Å². The number of methoxy groups -OCH3 is 1. The lowest BCUT2D eigenvalue weighted by Gasteiger charge is -2.14. The predicted molar refractivity (Wildman–Crippen MR) is 134 cm³/mol. The molecule has 6 heteroatoms. The summed E-state index contributed by atoms with van der Waals surface area (Å²) in [5.74, 6) is 1.89. The minimum Gasteiger partial charge on any atom is -0.493 e. The zero-order chi connectivity index (χ0) is 23.9. The molecule has 0 atom stereocenters. The number of amides is 1. The van der Waals surface area contributed by atoms with E-state index in [0.717, 1.165) is 16.9 Å². The lowest BCUT2D eigenvalue weighted by Crippen LogP contribution is -2.12. The lowest BCUT2D eigenvalue weighted by molar-refractivity contribution is 0.102. The fourth-order valence-corrected chi connectivity index (χ4v) is 3.61. The van der Waals surface area contributed by atoms with Crippen molar-refractivity contribution >= 4 is 23.2 Å². The lowest BCUT2D eigenvalue weighted by atomic mass is 10.1. The molecule has 0 spiro atoms. The van der Waals surface area contributed by atoms with Crippen molar-refractivity contribution in [3.05, 3.63) is 113 Å². The van der Waals surface area contributed by atoms with Crippen LogP contribution in [0.3, 0.4) is 0 Å². The number of ether oxygens (including phenoxy) is 3. The minimum atomic E-state index is -0.317. The van der Waals surface area contributed by atoms with Gasteiger partial charge in [-0.25, -0.2) is 0 Å². The Labute approximate surface area is 203 Å². The Kier molecular flexibility index (Phi) is 7.35. The van der Waals surface area contributed by atoms with Crippen molar-refractivity contribution in [1.29, 1.82) is 0 Å². The van der Waals surface area contributed by atoms with Gasteiger partial charge in [0, 0.05) is 11.3 Å². The molecule has 0 aliphatic carbocycles. The Hall–Kier alpha value is -3.96. The third-order valence-electron chi connectivity index (χ3n) is 5.06. The molecule has 0 heterocycles. The summed E-state index contributed by atoms with van der Waals surface area (Å²) in [5.41, 5.74) is 3.10. The molecular formula is C28H24ClNO4. The van der Waals surface area contributed by atoms with Crippen LogP contribution >= 0.6 is 11.6 Å². The van der Waals surface area contributed by atoms with E-state index in [4.69, 9.17) is 25.8 Å². The van der Waals surface area contributed by atoms with Gasteiger partial charge in [0.25, 0.3) is 5.91 Å². The van der Waals surface area contributed by atoms with Gasteiger partial charge in [-0.3, -0.25) is 4.79 Å². The molecule has 0 aliphatic rings. The molecule has 1 N–H and O–H groups in total. The third-order valence-corrected chi connectivity index (χ3v) is 5.34. The molecule has 0 aromatic heterocycles. The van der Waals surface area contributed by atoms with Crippen LogP contribution in [0.2, 0.25) is 5.02 Å². The first-order valence-electron chi connectivity index (χ1n) is 10.7. The summed E-state index contributed by atoms with van der Waals surface area (Å²) < 4.78 is 17.2. The number of halogens is 1. The second-order valence-corrected chi connectivity index (χ2v) is 8.07. The smallest absolute Gasteiger partial charge is 0.255 e. The number of carbonyl (C=O) groups excluding carboxylic acids is 1. The predicted octanol–water partition coefficient (Wildman–Crippen LogP) is 7.28. The van der Waals surface area contributed by atoms with E-state index >= 15 is 0 Å². The standard InChI is InChI=1S/C28H24ClNO4/c1-19-7-6-10-24(15-19)34-23-13-11-22(12-14-23)30-28(31)21-16-25(29)27(26(17-21)32-2)33-18-20-8-4-3-5-9-20/h3-17H,18H2,1-2H3,(H,30,31). The van der Waals surface area contributed by atoms with Crippen molar-refractivity contribution in [1.82, 2.24) is 0 Å². The van der Waals surface area contributed by atoms with E-state index in [9.17, 15) is 4.79 Å². The highest BCUT2D eigenvalue weighted by Crippen LogP contribution is 2.37. The van der Waals surface area contributed by atoms with Crippen molar-refractivity contribution in [2.45, 2.75) is 13.5 Å². The molecule has 0 saturated heterocycles. The number of rotatable bonds is 8. The summed E-state index contributed by atoms with van der Waals surface area (Å²) in [6.45, 7) is 2.34. The molecule has 34 heavy (non-hydrogen) atoms. The Bertz CT molecular complexity index is 1270. The van der Waals surface area contributed by atoms with Gasteiger partial charge in [0.15, 0.2) is 11.5 Å². The first-order valence-corrected chi connectivity index (χ1v) is 11.1. The summed E-state index contributed by atoms with van der Waals surface area (Å²) in [7, 11) is 1.51. The average Bonchev–Trinajstić information content (AvgIpc) is 2.84. The van der Waals surface area contributed by atoms with Gasteiger partial charge in [0.1, 0.15) is 18.1 Å². The zero-order valence-corrected chi connectivity index (χ0v) is 19.6. The van der Waals surface area contributed by atoms with Crippen LogP contribution in [0.25, 0.3) is 0 Å². The SMILES string of the molecule is COc1cc(C(=O)Nc2ccc(Oc3cccc(C)c3)cc2)cc(Cl)c1OCc1ccccc1. The average molecular weight is 474 g/mol. The number of nitrogens with one attached hydrogen (secondary N) is 1. The molecule has 0 unspecified atom stereocenters. The fourth-order valence-electron chi connectivity index (χ4n) is 3.35. The van der Waals surface area contributed by atoms with E-state index in [-0.39, 0.29) is 5.91 Å². The van der Waals surface area contributed by atoms with Crippen molar-refractivity contribution in [2.24, 2.45) is 0 Å².